The van der Waals surface area contributed by atoms with E-state index in [9.17, 15) is 0 Å². The fraction of sp³-hybridized carbons (Fsp3) is 0.0556. The molecule has 0 atom stereocenters. The first kappa shape index (κ1) is 44.7. The first-order valence-electron chi connectivity index (χ1n) is 25.7. The van der Waals surface area contributed by atoms with E-state index in [-0.39, 0.29) is 0 Å². The summed E-state index contributed by atoms with van der Waals surface area (Å²) in [5.74, 6) is 0. The number of benzene rings is 12. The van der Waals surface area contributed by atoms with E-state index < -0.39 is 0 Å². The number of aryl methyl sites for hydroxylation is 4. The SMILES string of the molecule is Cc1ccc(N(c2ccc(C)cc2)c2ccc3c(-c4ccccc4)c4c(c(-c5ccccc5)c3c2)-c2c-4c(-c3ccccc3)c3ccc(N(c4ccc(C)cc4)c4ccc(C)cc4)cc3c2-c2ccccc2)cc1. The van der Waals surface area contributed by atoms with Crippen LogP contribution in [-0.2, 0) is 0 Å². The molecule has 0 fully saturated rings. The highest BCUT2D eigenvalue weighted by Crippen LogP contribution is 2.66. The Labute approximate surface area is 434 Å². The van der Waals surface area contributed by atoms with Crippen molar-refractivity contribution in [2.75, 3.05) is 9.80 Å². The molecule has 12 aromatic rings. The van der Waals surface area contributed by atoms with E-state index in [1.807, 2.05) is 0 Å². The highest BCUT2D eigenvalue weighted by Gasteiger charge is 2.39. The van der Waals surface area contributed by atoms with E-state index in [1.54, 1.807) is 0 Å². The molecule has 0 radical (unpaired) electrons. The Hall–Kier alpha value is -9.24. The molecule has 12 aromatic carbocycles. The van der Waals surface area contributed by atoms with E-state index >= 15 is 0 Å². The van der Waals surface area contributed by atoms with Crippen molar-refractivity contribution in [1.29, 1.82) is 0 Å². The zero-order chi connectivity index (χ0) is 49.9. The van der Waals surface area contributed by atoms with Crippen LogP contribution in [0.4, 0.5) is 34.1 Å². The molecule has 0 heterocycles. The van der Waals surface area contributed by atoms with Gasteiger partial charge in [-0.15, -0.1) is 0 Å². The molecule has 0 unspecified atom stereocenters. The summed E-state index contributed by atoms with van der Waals surface area (Å²) in [7, 11) is 0. The minimum Gasteiger partial charge on any atom is -0.310 e. The van der Waals surface area contributed by atoms with Gasteiger partial charge >= 0.3 is 0 Å². The Balaban J connectivity index is 1.19. The maximum Gasteiger partial charge on any atom is 0.0468 e. The van der Waals surface area contributed by atoms with Crippen molar-refractivity contribution in [3.63, 3.8) is 0 Å². The summed E-state index contributed by atoms with van der Waals surface area (Å²) in [5, 5.41) is 4.86. The molecule has 1 aliphatic carbocycles. The van der Waals surface area contributed by atoms with Crippen LogP contribution in [0.1, 0.15) is 22.3 Å². The smallest absolute Gasteiger partial charge is 0.0468 e. The minimum absolute atomic E-state index is 1.10. The van der Waals surface area contributed by atoms with E-state index in [4.69, 9.17) is 0 Å². The summed E-state index contributed by atoms with van der Waals surface area (Å²) >= 11 is 0. The highest BCUT2D eigenvalue weighted by atomic mass is 15.1. The van der Waals surface area contributed by atoms with E-state index in [1.165, 1.54) is 111 Å². The Bertz CT molecular complexity index is 3670. The van der Waals surface area contributed by atoms with Gasteiger partial charge in [0.2, 0.25) is 0 Å². The van der Waals surface area contributed by atoms with Crippen molar-refractivity contribution >= 4 is 55.7 Å². The van der Waals surface area contributed by atoms with E-state index in [0.29, 0.717) is 0 Å². The molecule has 0 aromatic heterocycles. The maximum atomic E-state index is 2.46. The molecule has 0 saturated carbocycles. The van der Waals surface area contributed by atoms with Gasteiger partial charge in [-0.05, 0) is 189 Å². The first-order chi connectivity index (χ1) is 36.4. The number of fused-ring (bicyclic) bond motifs is 6. The molecular formula is C72H54N2. The van der Waals surface area contributed by atoms with Crippen LogP contribution in [0.25, 0.3) is 88.3 Å². The lowest BCUT2D eigenvalue weighted by molar-refractivity contribution is 1.27. The summed E-state index contributed by atoms with van der Waals surface area (Å²) in [6.45, 7) is 8.63. The van der Waals surface area contributed by atoms with Gasteiger partial charge in [0.25, 0.3) is 0 Å². The largest absolute Gasteiger partial charge is 0.310 e. The third-order valence-corrected chi connectivity index (χ3v) is 15.0. The van der Waals surface area contributed by atoms with Crippen molar-refractivity contribution in [2.24, 2.45) is 0 Å². The summed E-state index contributed by atoms with van der Waals surface area (Å²) < 4.78 is 0. The number of nitrogens with zero attached hydrogens (tertiary/aromatic N) is 2. The second-order valence-electron chi connectivity index (χ2n) is 19.9. The zero-order valence-corrected chi connectivity index (χ0v) is 42.1. The van der Waals surface area contributed by atoms with Crippen LogP contribution in [-0.4, -0.2) is 0 Å². The molecule has 0 aliphatic heterocycles. The van der Waals surface area contributed by atoms with Gasteiger partial charge in [0.05, 0.1) is 0 Å². The van der Waals surface area contributed by atoms with Gasteiger partial charge in [-0.1, -0.05) is 204 Å². The third kappa shape index (κ3) is 7.66. The third-order valence-electron chi connectivity index (χ3n) is 15.0. The minimum atomic E-state index is 1.10. The van der Waals surface area contributed by atoms with Gasteiger partial charge < -0.3 is 9.80 Å². The standard InChI is InChI=1S/C72H54N2/c1-47-25-33-55(34-26-47)73(56-35-27-48(2)28-36-56)59-41-43-61-63(45-59)67(53-21-13-7-14-22-53)71-69(65(61)51-17-9-5-10-18-51)70-66(52-19-11-6-12-20-52)62-44-42-60(46-64(62)68(72(70)71)54-23-15-8-16-24-54)74(57-37-29-49(3)30-38-57)58-39-31-50(4)32-40-58/h5-46H,1-4H3. The quantitative estimate of drug-likeness (QED) is 0.135. The molecule has 13 rings (SSSR count). The monoisotopic (exact) mass is 946 g/mol. The molecular weight excluding hydrogens is 893 g/mol. The van der Waals surface area contributed by atoms with Crippen LogP contribution in [0.2, 0.25) is 0 Å². The Morgan fingerprint density at radius 2 is 0.405 bits per heavy atom. The molecule has 352 valence electrons. The average Bonchev–Trinajstić information content (AvgIpc) is 3.44. The Kier molecular flexibility index (Phi) is 11.1. The van der Waals surface area contributed by atoms with Gasteiger partial charge in [0, 0.05) is 34.1 Å². The Morgan fingerprint density at radius 1 is 0.189 bits per heavy atom. The van der Waals surface area contributed by atoms with E-state index in [2.05, 4.69) is 292 Å². The molecule has 0 N–H and O–H groups in total. The number of rotatable bonds is 10. The fourth-order valence-electron chi connectivity index (χ4n) is 11.5. The second kappa shape index (κ2) is 18.4. The lowest BCUT2D eigenvalue weighted by Gasteiger charge is -2.38. The second-order valence-corrected chi connectivity index (χ2v) is 19.9. The summed E-state index contributed by atoms with van der Waals surface area (Å²) in [5.41, 5.74) is 26.5. The molecule has 1 aliphatic rings. The van der Waals surface area contributed by atoms with Gasteiger partial charge in [-0.3, -0.25) is 0 Å². The van der Waals surface area contributed by atoms with Crippen LogP contribution in [0.15, 0.2) is 255 Å². The fourth-order valence-corrected chi connectivity index (χ4v) is 11.5. The average molecular weight is 947 g/mol. The van der Waals surface area contributed by atoms with Crippen LogP contribution < -0.4 is 9.80 Å². The highest BCUT2D eigenvalue weighted by molar-refractivity contribution is 6.33. The Morgan fingerprint density at radius 3 is 0.649 bits per heavy atom. The number of anilines is 6. The molecule has 0 bridgehead atoms. The summed E-state index contributed by atoms with van der Waals surface area (Å²) in [6, 6.07) is 94.5. The number of hydrogen-bond donors (Lipinski definition) is 0. The van der Waals surface area contributed by atoms with Crippen molar-refractivity contribution in [3.05, 3.63) is 277 Å². The van der Waals surface area contributed by atoms with Crippen molar-refractivity contribution < 1.29 is 0 Å². The summed E-state index contributed by atoms with van der Waals surface area (Å²) in [6.07, 6.45) is 0. The topological polar surface area (TPSA) is 6.48 Å². The van der Waals surface area contributed by atoms with Crippen molar-refractivity contribution in [1.82, 2.24) is 0 Å². The van der Waals surface area contributed by atoms with Crippen LogP contribution in [0, 0.1) is 27.7 Å². The lowest BCUT2D eigenvalue weighted by Crippen LogP contribution is -2.12. The molecule has 0 saturated heterocycles. The molecule has 0 amide bonds. The molecule has 74 heavy (non-hydrogen) atoms. The summed E-state index contributed by atoms with van der Waals surface area (Å²) in [4.78, 5) is 4.82. The molecule has 0 spiro atoms. The normalized spacial score (nSPS) is 11.5. The van der Waals surface area contributed by atoms with Gasteiger partial charge in [-0.2, -0.15) is 0 Å². The first-order valence-corrected chi connectivity index (χ1v) is 25.7. The van der Waals surface area contributed by atoms with Gasteiger partial charge in [-0.25, -0.2) is 0 Å². The predicted molar refractivity (Wildman–Crippen MR) is 316 cm³/mol. The molecule has 2 heteroatoms. The number of hydrogen-bond acceptors (Lipinski definition) is 2. The van der Waals surface area contributed by atoms with Crippen LogP contribution in [0.3, 0.4) is 0 Å². The van der Waals surface area contributed by atoms with Crippen LogP contribution in [0.5, 0.6) is 0 Å². The van der Waals surface area contributed by atoms with Gasteiger partial charge in [0.15, 0.2) is 0 Å². The predicted octanol–water partition coefficient (Wildman–Crippen LogP) is 20.5. The van der Waals surface area contributed by atoms with Crippen LogP contribution >= 0.6 is 0 Å². The maximum absolute atomic E-state index is 2.46. The molecule has 2 nitrogen and oxygen atoms in total. The zero-order valence-electron chi connectivity index (χ0n) is 42.1. The van der Waals surface area contributed by atoms with Crippen molar-refractivity contribution in [3.8, 4) is 66.8 Å². The van der Waals surface area contributed by atoms with Crippen molar-refractivity contribution in [2.45, 2.75) is 27.7 Å². The van der Waals surface area contributed by atoms with E-state index in [0.717, 1.165) is 34.1 Å². The lowest BCUT2D eigenvalue weighted by atomic mass is 9.65. The van der Waals surface area contributed by atoms with Gasteiger partial charge in [0.1, 0.15) is 0 Å².